The van der Waals surface area contributed by atoms with Gasteiger partial charge >= 0.3 is 0 Å². The van der Waals surface area contributed by atoms with Crippen molar-refractivity contribution in [2.75, 3.05) is 6.54 Å². The van der Waals surface area contributed by atoms with Gasteiger partial charge < -0.3 is 5.32 Å². The van der Waals surface area contributed by atoms with Crippen molar-refractivity contribution >= 4 is 0 Å². The van der Waals surface area contributed by atoms with Crippen molar-refractivity contribution in [3.8, 4) is 0 Å². The highest BCUT2D eigenvalue weighted by atomic mass is 19.1. The van der Waals surface area contributed by atoms with Gasteiger partial charge in [-0.25, -0.2) is 4.39 Å². The summed E-state index contributed by atoms with van der Waals surface area (Å²) in [6, 6.07) is 7.47. The van der Waals surface area contributed by atoms with Gasteiger partial charge in [0.05, 0.1) is 6.04 Å². The average molecular weight is 272 g/mol. The zero-order valence-electron chi connectivity index (χ0n) is 12.3. The SMILES string of the molecule is CCCNC(c1cncc(C)c1)c1ccc(F)c(C)c1. The molecule has 0 spiro atoms. The predicted molar refractivity (Wildman–Crippen MR) is 80.2 cm³/mol. The molecule has 20 heavy (non-hydrogen) atoms. The molecule has 1 unspecified atom stereocenters. The number of benzene rings is 1. The van der Waals surface area contributed by atoms with E-state index in [2.05, 4.69) is 23.3 Å². The summed E-state index contributed by atoms with van der Waals surface area (Å²) < 4.78 is 13.4. The largest absolute Gasteiger partial charge is 0.306 e. The summed E-state index contributed by atoms with van der Waals surface area (Å²) in [7, 11) is 0. The zero-order chi connectivity index (χ0) is 14.5. The van der Waals surface area contributed by atoms with E-state index in [0.29, 0.717) is 5.56 Å². The Bertz CT molecular complexity index is 581. The number of pyridine rings is 1. The molecule has 3 heteroatoms. The number of nitrogens with zero attached hydrogens (tertiary/aromatic N) is 1. The number of rotatable bonds is 5. The zero-order valence-corrected chi connectivity index (χ0v) is 12.3. The second kappa shape index (κ2) is 6.62. The fraction of sp³-hybridized carbons (Fsp3) is 0.353. The van der Waals surface area contributed by atoms with Crippen molar-refractivity contribution in [1.82, 2.24) is 10.3 Å². The maximum Gasteiger partial charge on any atom is 0.126 e. The molecule has 0 saturated carbocycles. The van der Waals surface area contributed by atoms with E-state index in [-0.39, 0.29) is 11.9 Å². The first kappa shape index (κ1) is 14.7. The highest BCUT2D eigenvalue weighted by Crippen LogP contribution is 2.24. The van der Waals surface area contributed by atoms with Gasteiger partial charge in [0.2, 0.25) is 0 Å². The third kappa shape index (κ3) is 3.42. The number of hydrogen-bond donors (Lipinski definition) is 1. The fourth-order valence-electron chi connectivity index (χ4n) is 2.30. The molecule has 0 aliphatic carbocycles. The van der Waals surface area contributed by atoms with Gasteiger partial charge in [-0.15, -0.1) is 0 Å². The second-order valence-corrected chi connectivity index (χ2v) is 5.19. The van der Waals surface area contributed by atoms with E-state index in [4.69, 9.17) is 0 Å². The number of aryl methyl sites for hydroxylation is 2. The first-order valence-corrected chi connectivity index (χ1v) is 7.02. The highest BCUT2D eigenvalue weighted by molar-refractivity contribution is 5.34. The molecule has 0 aliphatic heterocycles. The van der Waals surface area contributed by atoms with Gasteiger partial charge in [-0.1, -0.05) is 25.1 Å². The minimum atomic E-state index is -0.162. The van der Waals surface area contributed by atoms with Crippen molar-refractivity contribution in [2.45, 2.75) is 33.2 Å². The van der Waals surface area contributed by atoms with Crippen LogP contribution < -0.4 is 5.32 Å². The molecule has 0 radical (unpaired) electrons. The van der Waals surface area contributed by atoms with Gasteiger partial charge in [0.25, 0.3) is 0 Å². The van der Waals surface area contributed by atoms with Crippen LogP contribution in [0.2, 0.25) is 0 Å². The first-order valence-electron chi connectivity index (χ1n) is 7.02. The summed E-state index contributed by atoms with van der Waals surface area (Å²) in [6.07, 6.45) is 4.77. The molecule has 1 atom stereocenters. The Balaban J connectivity index is 2.38. The van der Waals surface area contributed by atoms with Crippen LogP contribution in [0.15, 0.2) is 36.7 Å². The molecular formula is C17H21FN2. The standard InChI is InChI=1S/C17H21FN2/c1-4-7-20-17(15-8-12(2)10-19-11-15)14-5-6-16(18)13(3)9-14/h5-6,8-11,17,20H,4,7H2,1-3H3. The molecule has 0 amide bonds. The lowest BCUT2D eigenvalue weighted by Gasteiger charge is -2.20. The van der Waals surface area contributed by atoms with E-state index in [1.54, 1.807) is 6.92 Å². The number of hydrogen-bond acceptors (Lipinski definition) is 2. The Morgan fingerprint density at radius 2 is 1.95 bits per heavy atom. The third-order valence-electron chi connectivity index (χ3n) is 3.34. The molecule has 1 N–H and O–H groups in total. The quantitative estimate of drug-likeness (QED) is 0.892. The molecule has 2 nitrogen and oxygen atoms in total. The number of nitrogens with one attached hydrogen (secondary N) is 1. The van der Waals surface area contributed by atoms with Gasteiger partial charge in [-0.3, -0.25) is 4.98 Å². The topological polar surface area (TPSA) is 24.9 Å². The van der Waals surface area contributed by atoms with Crippen LogP contribution in [0.1, 0.15) is 41.6 Å². The summed E-state index contributed by atoms with van der Waals surface area (Å²) in [6.45, 7) is 6.87. The van der Waals surface area contributed by atoms with Gasteiger partial charge in [0, 0.05) is 12.4 Å². The molecule has 0 fully saturated rings. The molecule has 1 aromatic heterocycles. The van der Waals surface area contributed by atoms with Crippen LogP contribution in [-0.2, 0) is 0 Å². The highest BCUT2D eigenvalue weighted by Gasteiger charge is 2.14. The van der Waals surface area contributed by atoms with E-state index in [1.807, 2.05) is 31.5 Å². The molecule has 1 aromatic carbocycles. The second-order valence-electron chi connectivity index (χ2n) is 5.19. The molecule has 1 heterocycles. The molecule has 0 saturated heterocycles. The first-order chi connectivity index (χ1) is 9.61. The van der Waals surface area contributed by atoms with E-state index < -0.39 is 0 Å². The molecule has 0 bridgehead atoms. The van der Waals surface area contributed by atoms with Crippen molar-refractivity contribution in [2.24, 2.45) is 0 Å². The molecular weight excluding hydrogens is 251 g/mol. The summed E-state index contributed by atoms with van der Waals surface area (Å²) in [5, 5.41) is 3.51. The minimum Gasteiger partial charge on any atom is -0.306 e. The van der Waals surface area contributed by atoms with E-state index in [0.717, 1.165) is 29.7 Å². The Hall–Kier alpha value is -1.74. The van der Waals surface area contributed by atoms with Gasteiger partial charge in [-0.05, 0) is 55.1 Å². The van der Waals surface area contributed by atoms with Crippen LogP contribution in [0.3, 0.4) is 0 Å². The lowest BCUT2D eigenvalue weighted by Crippen LogP contribution is -2.23. The van der Waals surface area contributed by atoms with Crippen molar-refractivity contribution in [1.29, 1.82) is 0 Å². The molecule has 2 aromatic rings. The normalized spacial score (nSPS) is 12.4. The predicted octanol–water partition coefficient (Wildman–Crippen LogP) is 3.93. The van der Waals surface area contributed by atoms with E-state index >= 15 is 0 Å². The van der Waals surface area contributed by atoms with Crippen LogP contribution in [0.4, 0.5) is 4.39 Å². The van der Waals surface area contributed by atoms with Gasteiger partial charge in [-0.2, -0.15) is 0 Å². The Morgan fingerprint density at radius 3 is 2.60 bits per heavy atom. The monoisotopic (exact) mass is 272 g/mol. The van der Waals surface area contributed by atoms with Crippen LogP contribution >= 0.6 is 0 Å². The van der Waals surface area contributed by atoms with Crippen LogP contribution in [0, 0.1) is 19.7 Å². The lowest BCUT2D eigenvalue weighted by atomic mass is 9.97. The van der Waals surface area contributed by atoms with Crippen LogP contribution in [-0.4, -0.2) is 11.5 Å². The Labute approximate surface area is 120 Å². The molecule has 0 aliphatic rings. The van der Waals surface area contributed by atoms with Gasteiger partial charge in [0.15, 0.2) is 0 Å². The Kier molecular flexibility index (Phi) is 4.85. The summed E-state index contributed by atoms with van der Waals surface area (Å²) in [5.41, 5.74) is 3.99. The van der Waals surface area contributed by atoms with E-state index in [1.165, 1.54) is 6.07 Å². The number of aromatic nitrogens is 1. The third-order valence-corrected chi connectivity index (χ3v) is 3.34. The molecule has 2 rings (SSSR count). The van der Waals surface area contributed by atoms with Crippen molar-refractivity contribution < 1.29 is 4.39 Å². The number of halogens is 1. The molecule has 106 valence electrons. The van der Waals surface area contributed by atoms with Crippen LogP contribution in [0.5, 0.6) is 0 Å². The smallest absolute Gasteiger partial charge is 0.126 e. The maximum atomic E-state index is 13.4. The average Bonchev–Trinajstić information content (AvgIpc) is 2.43. The maximum absolute atomic E-state index is 13.4. The lowest BCUT2D eigenvalue weighted by molar-refractivity contribution is 0.588. The van der Waals surface area contributed by atoms with Gasteiger partial charge in [0.1, 0.15) is 5.82 Å². The van der Waals surface area contributed by atoms with E-state index in [9.17, 15) is 4.39 Å². The van der Waals surface area contributed by atoms with Crippen LogP contribution in [0.25, 0.3) is 0 Å². The summed E-state index contributed by atoms with van der Waals surface area (Å²) in [5.74, 6) is -0.162. The summed E-state index contributed by atoms with van der Waals surface area (Å²) in [4.78, 5) is 4.26. The summed E-state index contributed by atoms with van der Waals surface area (Å²) >= 11 is 0. The minimum absolute atomic E-state index is 0.0571. The van der Waals surface area contributed by atoms with Crippen molar-refractivity contribution in [3.63, 3.8) is 0 Å². The van der Waals surface area contributed by atoms with Crippen molar-refractivity contribution in [3.05, 3.63) is 64.7 Å². The Morgan fingerprint density at radius 1 is 1.15 bits per heavy atom. The fourth-order valence-corrected chi connectivity index (χ4v) is 2.30.